The second-order valence-corrected chi connectivity index (χ2v) is 4.92. The normalized spacial score (nSPS) is 11.2. The van der Waals surface area contributed by atoms with E-state index in [0.717, 1.165) is 15.6 Å². The number of ketones is 1. The van der Waals surface area contributed by atoms with Crippen LogP contribution in [0.3, 0.4) is 0 Å². The van der Waals surface area contributed by atoms with Crippen molar-refractivity contribution in [3.63, 3.8) is 0 Å². The van der Waals surface area contributed by atoms with Gasteiger partial charge in [-0.1, -0.05) is 11.6 Å². The fourth-order valence-corrected chi connectivity index (χ4v) is 2.61. The van der Waals surface area contributed by atoms with Crippen LogP contribution < -0.4 is 11.5 Å². The van der Waals surface area contributed by atoms with Crippen molar-refractivity contribution in [3.8, 4) is 0 Å². The quantitative estimate of drug-likeness (QED) is 0.822. The molecule has 0 spiro atoms. The first-order valence-corrected chi connectivity index (χ1v) is 6.03. The summed E-state index contributed by atoms with van der Waals surface area (Å²) in [6.45, 7) is 0. The lowest BCUT2D eigenvalue weighted by molar-refractivity contribution is -0.119. The number of nitrogens with two attached hydrogens (primary N) is 2. The minimum absolute atomic E-state index is 0.167. The third kappa shape index (κ3) is 2.25. The number of hydrogen-bond acceptors (Lipinski definition) is 4. The van der Waals surface area contributed by atoms with Crippen LogP contribution in [0, 0.1) is 0 Å². The maximum absolute atomic E-state index is 11.5. The Morgan fingerprint density at radius 2 is 2.19 bits per heavy atom. The average Bonchev–Trinajstić information content (AvgIpc) is 2.61. The number of Topliss-reactive ketones (excluding diaryl/α,β-unsaturated/α-hetero) is 1. The molecule has 0 aliphatic rings. The van der Waals surface area contributed by atoms with Crippen LogP contribution in [0.1, 0.15) is 5.56 Å². The van der Waals surface area contributed by atoms with Gasteiger partial charge in [0, 0.05) is 16.1 Å². The Morgan fingerprint density at radius 3 is 2.88 bits per heavy atom. The first-order valence-electron chi connectivity index (χ1n) is 4.77. The van der Waals surface area contributed by atoms with Crippen LogP contribution in [-0.2, 0) is 11.2 Å². The molecule has 0 amide bonds. The molecular weight excluding hydrogens is 244 g/mol. The molecule has 0 radical (unpaired) electrons. The second kappa shape index (κ2) is 4.51. The fraction of sp³-hybridized carbons (Fsp3) is 0.182. The first kappa shape index (κ1) is 11.5. The molecule has 1 heterocycles. The summed E-state index contributed by atoms with van der Waals surface area (Å²) in [7, 11) is 0. The second-order valence-electron chi connectivity index (χ2n) is 3.57. The number of hydrogen-bond donors (Lipinski definition) is 2. The minimum atomic E-state index is -0.908. The van der Waals surface area contributed by atoms with E-state index in [-0.39, 0.29) is 12.2 Å². The molecule has 2 rings (SSSR count). The van der Waals surface area contributed by atoms with E-state index in [2.05, 4.69) is 0 Å². The summed E-state index contributed by atoms with van der Waals surface area (Å²) >= 11 is 7.50. The predicted octanol–water partition coefficient (Wildman–Crippen LogP) is 1.91. The minimum Gasteiger partial charge on any atom is -0.310 e. The zero-order valence-corrected chi connectivity index (χ0v) is 10.0. The summed E-state index contributed by atoms with van der Waals surface area (Å²) in [4.78, 5) is 11.5. The van der Waals surface area contributed by atoms with Gasteiger partial charge in [-0.05, 0) is 34.5 Å². The van der Waals surface area contributed by atoms with Gasteiger partial charge in [0.1, 0.15) is 6.17 Å². The lowest BCUT2D eigenvalue weighted by Gasteiger charge is -2.03. The lowest BCUT2D eigenvalue weighted by atomic mass is 10.1. The molecule has 0 aliphatic carbocycles. The molecule has 1 aromatic carbocycles. The molecule has 5 heteroatoms. The molecule has 0 bridgehead atoms. The van der Waals surface area contributed by atoms with Gasteiger partial charge in [0.05, 0.1) is 0 Å². The molecule has 0 saturated carbocycles. The van der Waals surface area contributed by atoms with Crippen molar-refractivity contribution in [3.05, 3.63) is 34.2 Å². The molecule has 0 atom stereocenters. The molecule has 4 N–H and O–H groups in total. The summed E-state index contributed by atoms with van der Waals surface area (Å²) in [6, 6.07) is 5.64. The standard InChI is InChI=1S/C11H11ClN2OS/c12-7-1-2-10-8(4-7)6(5-16-10)3-9(15)11(13)14/h1-2,4-5,11H,3,13-14H2. The zero-order chi connectivity index (χ0) is 11.7. The van der Waals surface area contributed by atoms with Crippen LogP contribution in [-0.4, -0.2) is 11.9 Å². The molecule has 3 nitrogen and oxygen atoms in total. The van der Waals surface area contributed by atoms with Crippen LogP contribution in [0.25, 0.3) is 10.1 Å². The lowest BCUT2D eigenvalue weighted by Crippen LogP contribution is -2.40. The smallest absolute Gasteiger partial charge is 0.168 e. The number of carbonyl (C=O) groups excluding carboxylic acids is 1. The third-order valence-electron chi connectivity index (χ3n) is 2.35. The first-order chi connectivity index (χ1) is 7.58. The molecule has 0 fully saturated rings. The van der Waals surface area contributed by atoms with E-state index in [1.54, 1.807) is 11.3 Å². The van der Waals surface area contributed by atoms with Crippen LogP contribution in [0.4, 0.5) is 0 Å². The van der Waals surface area contributed by atoms with Crippen molar-refractivity contribution in [2.75, 3.05) is 0 Å². The number of halogens is 1. The van der Waals surface area contributed by atoms with Gasteiger partial charge in [-0.25, -0.2) is 0 Å². The van der Waals surface area contributed by atoms with E-state index in [1.807, 2.05) is 23.6 Å². The van der Waals surface area contributed by atoms with Gasteiger partial charge in [0.2, 0.25) is 0 Å². The van der Waals surface area contributed by atoms with Crippen molar-refractivity contribution in [2.45, 2.75) is 12.6 Å². The highest BCUT2D eigenvalue weighted by Crippen LogP contribution is 2.29. The summed E-state index contributed by atoms with van der Waals surface area (Å²) < 4.78 is 1.11. The average molecular weight is 255 g/mol. The maximum Gasteiger partial charge on any atom is 0.168 e. The monoisotopic (exact) mass is 254 g/mol. The van der Waals surface area contributed by atoms with Crippen LogP contribution in [0.2, 0.25) is 5.02 Å². The Balaban J connectivity index is 2.38. The number of carbonyl (C=O) groups is 1. The molecule has 16 heavy (non-hydrogen) atoms. The summed E-state index contributed by atoms with van der Waals surface area (Å²) in [5, 5.41) is 3.62. The Hall–Kier alpha value is -0.940. The third-order valence-corrected chi connectivity index (χ3v) is 3.60. The molecule has 0 saturated heterocycles. The zero-order valence-electron chi connectivity index (χ0n) is 8.44. The van der Waals surface area contributed by atoms with E-state index >= 15 is 0 Å². The van der Waals surface area contributed by atoms with Gasteiger partial charge in [0.15, 0.2) is 5.78 Å². The highest BCUT2D eigenvalue weighted by molar-refractivity contribution is 7.17. The SMILES string of the molecule is NC(N)C(=O)Cc1csc2ccc(Cl)cc12. The number of fused-ring (bicyclic) bond motifs is 1. The Morgan fingerprint density at radius 1 is 1.44 bits per heavy atom. The fourth-order valence-electron chi connectivity index (χ4n) is 1.50. The Kier molecular flexibility index (Phi) is 3.25. The van der Waals surface area contributed by atoms with E-state index in [9.17, 15) is 4.79 Å². The van der Waals surface area contributed by atoms with Gasteiger partial charge >= 0.3 is 0 Å². The van der Waals surface area contributed by atoms with Gasteiger partial charge in [-0.15, -0.1) is 11.3 Å². The highest BCUT2D eigenvalue weighted by Gasteiger charge is 2.12. The van der Waals surface area contributed by atoms with Crippen molar-refractivity contribution in [1.82, 2.24) is 0 Å². The van der Waals surface area contributed by atoms with Crippen molar-refractivity contribution >= 4 is 38.8 Å². The van der Waals surface area contributed by atoms with Gasteiger partial charge in [0.25, 0.3) is 0 Å². The van der Waals surface area contributed by atoms with Gasteiger partial charge < -0.3 is 11.5 Å². The van der Waals surface area contributed by atoms with Gasteiger partial charge in [-0.3, -0.25) is 4.79 Å². The topological polar surface area (TPSA) is 69.1 Å². The summed E-state index contributed by atoms with van der Waals surface area (Å²) in [5.74, 6) is -0.167. The van der Waals surface area contributed by atoms with Gasteiger partial charge in [-0.2, -0.15) is 0 Å². The molecule has 1 aromatic heterocycles. The molecule has 2 aromatic rings. The maximum atomic E-state index is 11.5. The summed E-state index contributed by atoms with van der Waals surface area (Å²) in [6.07, 6.45) is -0.646. The van der Waals surface area contributed by atoms with Crippen molar-refractivity contribution < 1.29 is 4.79 Å². The van der Waals surface area contributed by atoms with Crippen LogP contribution in [0.15, 0.2) is 23.6 Å². The number of thiophene rings is 1. The Labute approximate surface area is 102 Å². The molecule has 0 aliphatic heterocycles. The number of rotatable bonds is 3. The van der Waals surface area contributed by atoms with Crippen LogP contribution in [0.5, 0.6) is 0 Å². The van der Waals surface area contributed by atoms with Crippen molar-refractivity contribution in [2.24, 2.45) is 11.5 Å². The Bertz CT molecular complexity index is 536. The van der Waals surface area contributed by atoms with E-state index < -0.39 is 6.17 Å². The van der Waals surface area contributed by atoms with Crippen LogP contribution >= 0.6 is 22.9 Å². The highest BCUT2D eigenvalue weighted by atomic mass is 35.5. The number of benzene rings is 1. The van der Waals surface area contributed by atoms with E-state index in [1.165, 1.54) is 0 Å². The van der Waals surface area contributed by atoms with E-state index in [0.29, 0.717) is 5.02 Å². The predicted molar refractivity (Wildman–Crippen MR) is 67.7 cm³/mol. The largest absolute Gasteiger partial charge is 0.310 e. The molecule has 0 unspecified atom stereocenters. The molecular formula is C11H11ClN2OS. The molecule has 84 valence electrons. The van der Waals surface area contributed by atoms with Crippen molar-refractivity contribution in [1.29, 1.82) is 0 Å². The van der Waals surface area contributed by atoms with E-state index in [4.69, 9.17) is 23.1 Å². The summed E-state index contributed by atoms with van der Waals surface area (Å²) in [5.41, 5.74) is 11.6.